The molecule has 0 N–H and O–H groups in total. The number of benzene rings is 1. The third kappa shape index (κ3) is 4.80. The van der Waals surface area contributed by atoms with Crippen molar-refractivity contribution in [2.75, 3.05) is 19.8 Å². The van der Waals surface area contributed by atoms with Crippen molar-refractivity contribution in [1.82, 2.24) is 4.90 Å². The fourth-order valence-corrected chi connectivity index (χ4v) is 2.36. The zero-order valence-corrected chi connectivity index (χ0v) is 13.2. The molecule has 106 valence electrons. The summed E-state index contributed by atoms with van der Waals surface area (Å²) in [5.74, 6) is 0. The molecule has 19 heavy (non-hydrogen) atoms. The first-order valence-corrected chi connectivity index (χ1v) is 8.24. The predicted molar refractivity (Wildman–Crippen MR) is 80.0 cm³/mol. The molecule has 3 nitrogen and oxygen atoms in total. The van der Waals surface area contributed by atoms with Crippen LogP contribution in [0.25, 0.3) is 0 Å². The summed E-state index contributed by atoms with van der Waals surface area (Å²) in [6.07, 6.45) is 3.41. The van der Waals surface area contributed by atoms with Crippen LogP contribution in [-0.2, 0) is 9.84 Å². The Balaban J connectivity index is 2.83. The summed E-state index contributed by atoms with van der Waals surface area (Å²) in [5, 5.41) is 0. The first-order chi connectivity index (χ1) is 8.71. The minimum atomic E-state index is -3.11. The molecule has 0 amide bonds. The normalized spacial score (nSPS) is 13.4. The summed E-state index contributed by atoms with van der Waals surface area (Å²) in [5.41, 5.74) is 2.42. The van der Waals surface area contributed by atoms with Crippen molar-refractivity contribution in [2.45, 2.75) is 31.7 Å². The van der Waals surface area contributed by atoms with Crippen LogP contribution >= 0.6 is 0 Å². The molecule has 0 aliphatic rings. The van der Waals surface area contributed by atoms with E-state index in [4.69, 9.17) is 0 Å². The Kier molecular flexibility index (Phi) is 5.32. The summed E-state index contributed by atoms with van der Waals surface area (Å²) in [6, 6.07) is 7.38. The number of likely N-dealkylation sites (N-methyl/N-ethyl adjacent to an activating group) is 1. The highest BCUT2D eigenvalue weighted by Crippen LogP contribution is 2.20. The summed E-state index contributed by atoms with van der Waals surface area (Å²) in [6.45, 7) is 7.17. The maximum atomic E-state index is 11.4. The van der Waals surface area contributed by atoms with Crippen molar-refractivity contribution in [3.05, 3.63) is 41.5 Å². The second kappa shape index (κ2) is 6.35. The Labute approximate surface area is 116 Å². The quantitative estimate of drug-likeness (QED) is 0.778. The highest BCUT2D eigenvalue weighted by molar-refractivity contribution is 7.90. The van der Waals surface area contributed by atoms with Gasteiger partial charge in [-0.1, -0.05) is 23.8 Å². The molecule has 0 fully saturated rings. The molecule has 1 atom stereocenters. The molecular weight excluding hydrogens is 258 g/mol. The lowest BCUT2D eigenvalue weighted by Crippen LogP contribution is -2.22. The molecule has 0 radical (unpaired) electrons. The van der Waals surface area contributed by atoms with Crippen LogP contribution in [0.1, 0.15) is 32.4 Å². The van der Waals surface area contributed by atoms with Crippen molar-refractivity contribution in [3.8, 4) is 0 Å². The number of allylic oxidation sites excluding steroid dienone is 1. The largest absolute Gasteiger partial charge is 0.296 e. The van der Waals surface area contributed by atoms with Gasteiger partial charge in [-0.25, -0.2) is 8.42 Å². The van der Waals surface area contributed by atoms with Crippen molar-refractivity contribution >= 4 is 9.84 Å². The van der Waals surface area contributed by atoms with Crippen LogP contribution < -0.4 is 0 Å². The Morgan fingerprint density at radius 3 is 2.21 bits per heavy atom. The molecule has 1 rings (SSSR count). The van der Waals surface area contributed by atoms with Crippen LogP contribution in [0.5, 0.6) is 0 Å². The molecule has 1 aromatic carbocycles. The highest BCUT2D eigenvalue weighted by atomic mass is 32.2. The molecule has 4 heteroatoms. The molecule has 0 saturated heterocycles. The fraction of sp³-hybridized carbons (Fsp3) is 0.467. The van der Waals surface area contributed by atoms with E-state index in [1.54, 1.807) is 12.1 Å². The number of nitrogens with zero attached hydrogens (tertiary/aromatic N) is 1. The van der Waals surface area contributed by atoms with E-state index in [9.17, 15) is 8.42 Å². The molecule has 0 unspecified atom stereocenters. The van der Waals surface area contributed by atoms with Crippen LogP contribution in [0.3, 0.4) is 0 Å². The van der Waals surface area contributed by atoms with Gasteiger partial charge in [0.2, 0.25) is 0 Å². The third-order valence-corrected chi connectivity index (χ3v) is 4.37. The Morgan fingerprint density at radius 2 is 1.79 bits per heavy atom. The van der Waals surface area contributed by atoms with E-state index in [-0.39, 0.29) is 6.04 Å². The number of hydrogen-bond acceptors (Lipinski definition) is 3. The molecule has 0 aliphatic heterocycles. The number of hydrogen-bond donors (Lipinski definition) is 0. The predicted octanol–water partition coefficient (Wildman–Crippen LogP) is 3.05. The van der Waals surface area contributed by atoms with Crippen molar-refractivity contribution in [1.29, 1.82) is 0 Å². The van der Waals surface area contributed by atoms with E-state index >= 15 is 0 Å². The van der Waals surface area contributed by atoms with Gasteiger partial charge in [0.15, 0.2) is 9.84 Å². The Bertz CT molecular complexity index is 540. The SMILES string of the molecule is CC(C)=CCN(C)[C@H](C)c1ccc(S(C)(=O)=O)cc1. The first-order valence-electron chi connectivity index (χ1n) is 6.35. The highest BCUT2D eigenvalue weighted by Gasteiger charge is 2.12. The smallest absolute Gasteiger partial charge is 0.175 e. The van der Waals surface area contributed by atoms with Gasteiger partial charge in [-0.2, -0.15) is 0 Å². The van der Waals surface area contributed by atoms with Crippen LogP contribution in [-0.4, -0.2) is 33.2 Å². The third-order valence-electron chi connectivity index (χ3n) is 3.24. The van der Waals surface area contributed by atoms with Gasteiger partial charge in [0, 0.05) is 18.8 Å². The van der Waals surface area contributed by atoms with Gasteiger partial charge in [0.25, 0.3) is 0 Å². The number of sulfone groups is 1. The second-order valence-corrected chi connectivity index (χ2v) is 7.25. The zero-order chi connectivity index (χ0) is 14.6. The molecule has 1 aromatic rings. The summed E-state index contributed by atoms with van der Waals surface area (Å²) >= 11 is 0. The summed E-state index contributed by atoms with van der Waals surface area (Å²) in [4.78, 5) is 2.60. The van der Waals surface area contributed by atoms with Crippen molar-refractivity contribution < 1.29 is 8.42 Å². The molecule has 0 bridgehead atoms. The van der Waals surface area contributed by atoms with Crippen LogP contribution in [0.2, 0.25) is 0 Å². The second-order valence-electron chi connectivity index (χ2n) is 5.24. The molecular formula is C15H23NO2S. The Morgan fingerprint density at radius 1 is 1.26 bits per heavy atom. The monoisotopic (exact) mass is 281 g/mol. The topological polar surface area (TPSA) is 37.4 Å². The van der Waals surface area contributed by atoms with Gasteiger partial charge in [0.1, 0.15) is 0 Å². The average molecular weight is 281 g/mol. The summed E-state index contributed by atoms with van der Waals surface area (Å²) < 4.78 is 22.8. The van der Waals surface area contributed by atoms with E-state index in [2.05, 4.69) is 38.8 Å². The molecule has 0 saturated carbocycles. The lowest BCUT2D eigenvalue weighted by Gasteiger charge is -2.24. The van der Waals surface area contributed by atoms with Gasteiger partial charge in [-0.3, -0.25) is 4.90 Å². The van der Waals surface area contributed by atoms with Gasteiger partial charge in [-0.15, -0.1) is 0 Å². The molecule has 0 aliphatic carbocycles. The van der Waals surface area contributed by atoms with E-state index < -0.39 is 9.84 Å². The van der Waals surface area contributed by atoms with Crippen LogP contribution in [0, 0.1) is 0 Å². The van der Waals surface area contributed by atoms with Gasteiger partial charge in [0.05, 0.1) is 4.90 Å². The van der Waals surface area contributed by atoms with E-state index in [1.165, 1.54) is 11.8 Å². The maximum Gasteiger partial charge on any atom is 0.175 e. The van der Waals surface area contributed by atoms with E-state index in [0.717, 1.165) is 12.1 Å². The van der Waals surface area contributed by atoms with Gasteiger partial charge in [-0.05, 0) is 45.5 Å². The number of rotatable bonds is 5. The Hall–Kier alpha value is -1.13. The standard InChI is InChI=1S/C15H23NO2S/c1-12(2)10-11-16(4)13(3)14-6-8-15(9-7-14)19(5,17)18/h6-10,13H,11H2,1-5H3/t13-/m1/s1. The van der Waals surface area contributed by atoms with Crippen molar-refractivity contribution in [3.63, 3.8) is 0 Å². The lowest BCUT2D eigenvalue weighted by atomic mass is 10.1. The molecule has 0 heterocycles. The lowest BCUT2D eigenvalue weighted by molar-refractivity contribution is 0.289. The van der Waals surface area contributed by atoms with Gasteiger partial charge >= 0.3 is 0 Å². The summed E-state index contributed by atoms with van der Waals surface area (Å²) in [7, 11) is -1.05. The minimum absolute atomic E-state index is 0.254. The van der Waals surface area contributed by atoms with Crippen LogP contribution in [0.4, 0.5) is 0 Å². The van der Waals surface area contributed by atoms with E-state index in [1.807, 2.05) is 12.1 Å². The molecule has 0 spiro atoms. The minimum Gasteiger partial charge on any atom is -0.296 e. The van der Waals surface area contributed by atoms with E-state index in [0.29, 0.717) is 4.90 Å². The first kappa shape index (κ1) is 15.9. The molecule has 0 aromatic heterocycles. The fourth-order valence-electron chi connectivity index (χ4n) is 1.73. The van der Waals surface area contributed by atoms with Gasteiger partial charge < -0.3 is 0 Å². The maximum absolute atomic E-state index is 11.4. The zero-order valence-electron chi connectivity index (χ0n) is 12.3. The van der Waals surface area contributed by atoms with Crippen molar-refractivity contribution in [2.24, 2.45) is 0 Å². The average Bonchev–Trinajstić information content (AvgIpc) is 2.34. The van der Waals surface area contributed by atoms with Crippen LogP contribution in [0.15, 0.2) is 40.8 Å².